The Bertz CT molecular complexity index is 979. The first kappa shape index (κ1) is 15.2. The first-order valence-electron chi connectivity index (χ1n) is 7.02. The van der Waals surface area contributed by atoms with Gasteiger partial charge in [-0.15, -0.1) is 0 Å². The maximum atomic E-state index is 12.6. The number of anilines is 1. The highest BCUT2D eigenvalue weighted by Gasteiger charge is 2.14. The Morgan fingerprint density at radius 3 is 2.74 bits per heavy atom. The van der Waals surface area contributed by atoms with Gasteiger partial charge in [-0.1, -0.05) is 23.7 Å². The number of aryl methyl sites for hydroxylation is 2. The molecule has 2 aromatic heterocycles. The third kappa shape index (κ3) is 2.96. The average Bonchev–Trinajstić information content (AvgIpc) is 2.52. The van der Waals surface area contributed by atoms with E-state index in [4.69, 9.17) is 11.6 Å². The molecule has 3 aromatic rings. The van der Waals surface area contributed by atoms with Crippen molar-refractivity contribution >= 4 is 28.8 Å². The number of aromatic nitrogens is 2. The Morgan fingerprint density at radius 1 is 1.22 bits per heavy atom. The molecule has 0 bridgehead atoms. The van der Waals surface area contributed by atoms with Gasteiger partial charge in [-0.2, -0.15) is 0 Å². The molecular formula is C17H14ClN3O2. The summed E-state index contributed by atoms with van der Waals surface area (Å²) < 4.78 is 1.43. The molecule has 23 heavy (non-hydrogen) atoms. The van der Waals surface area contributed by atoms with Gasteiger partial charge in [0.2, 0.25) is 0 Å². The second-order valence-corrected chi connectivity index (χ2v) is 5.71. The second-order valence-electron chi connectivity index (χ2n) is 5.28. The lowest BCUT2D eigenvalue weighted by Crippen LogP contribution is -2.25. The van der Waals surface area contributed by atoms with Crippen LogP contribution in [-0.2, 0) is 0 Å². The molecule has 5 nitrogen and oxygen atoms in total. The van der Waals surface area contributed by atoms with Crippen molar-refractivity contribution < 1.29 is 4.79 Å². The third-order valence-corrected chi connectivity index (χ3v) is 3.71. The molecule has 0 aliphatic carbocycles. The minimum Gasteiger partial charge on any atom is -0.316 e. The molecule has 1 N–H and O–H groups in total. The summed E-state index contributed by atoms with van der Waals surface area (Å²) in [6.07, 6.45) is 1.69. The van der Waals surface area contributed by atoms with Gasteiger partial charge in [0.1, 0.15) is 11.3 Å². The number of rotatable bonds is 2. The van der Waals surface area contributed by atoms with Crippen LogP contribution in [0, 0.1) is 13.8 Å². The summed E-state index contributed by atoms with van der Waals surface area (Å²) in [6.45, 7) is 3.57. The summed E-state index contributed by atoms with van der Waals surface area (Å²) in [4.78, 5) is 29.3. The highest BCUT2D eigenvalue weighted by molar-refractivity contribution is 6.31. The van der Waals surface area contributed by atoms with Crippen molar-refractivity contribution in [2.24, 2.45) is 0 Å². The van der Waals surface area contributed by atoms with Crippen LogP contribution in [0.2, 0.25) is 5.02 Å². The van der Waals surface area contributed by atoms with Crippen LogP contribution in [0.15, 0.2) is 47.4 Å². The van der Waals surface area contributed by atoms with Crippen LogP contribution in [0.4, 0.5) is 5.69 Å². The Labute approximate surface area is 137 Å². The molecule has 0 saturated carbocycles. The molecule has 0 aliphatic heterocycles. The fourth-order valence-electron chi connectivity index (χ4n) is 2.32. The second kappa shape index (κ2) is 5.85. The van der Waals surface area contributed by atoms with Crippen molar-refractivity contribution in [2.75, 3.05) is 5.32 Å². The molecule has 0 spiro atoms. The van der Waals surface area contributed by atoms with Crippen molar-refractivity contribution in [1.29, 1.82) is 0 Å². The molecule has 116 valence electrons. The lowest BCUT2D eigenvalue weighted by molar-refractivity contribution is 0.102. The zero-order valence-electron chi connectivity index (χ0n) is 12.6. The smallest absolute Gasteiger partial charge is 0.281 e. The zero-order chi connectivity index (χ0) is 16.6. The first-order chi connectivity index (χ1) is 11.0. The lowest BCUT2D eigenvalue weighted by Gasteiger charge is -2.10. The van der Waals surface area contributed by atoms with E-state index in [1.54, 1.807) is 43.5 Å². The number of halogens is 1. The van der Waals surface area contributed by atoms with E-state index in [0.717, 1.165) is 5.56 Å². The minimum atomic E-state index is -0.401. The van der Waals surface area contributed by atoms with Gasteiger partial charge < -0.3 is 5.32 Å². The fraction of sp³-hybridized carbons (Fsp3) is 0.118. The van der Waals surface area contributed by atoms with Crippen LogP contribution >= 0.6 is 11.6 Å². The number of benzene rings is 1. The summed E-state index contributed by atoms with van der Waals surface area (Å²) in [5, 5.41) is 3.10. The van der Waals surface area contributed by atoms with Gasteiger partial charge in [-0.3, -0.25) is 14.0 Å². The van der Waals surface area contributed by atoms with E-state index < -0.39 is 5.91 Å². The van der Waals surface area contributed by atoms with Crippen LogP contribution in [0.1, 0.15) is 21.6 Å². The highest BCUT2D eigenvalue weighted by atomic mass is 35.5. The van der Waals surface area contributed by atoms with E-state index in [1.807, 2.05) is 13.0 Å². The van der Waals surface area contributed by atoms with Crippen molar-refractivity contribution in [1.82, 2.24) is 9.38 Å². The van der Waals surface area contributed by atoms with E-state index in [9.17, 15) is 9.59 Å². The number of hydrogen-bond donors (Lipinski definition) is 1. The predicted octanol–water partition coefficient (Wildman–Crippen LogP) is 3.22. The number of hydrogen-bond acceptors (Lipinski definition) is 3. The zero-order valence-corrected chi connectivity index (χ0v) is 13.4. The Kier molecular flexibility index (Phi) is 3.88. The minimum absolute atomic E-state index is 0.165. The SMILES string of the molecule is Cc1ccc2nc(C)c(NC(=O)c3cccc(Cl)c3)c(=O)n2c1. The maximum Gasteiger partial charge on any atom is 0.281 e. The van der Waals surface area contributed by atoms with E-state index >= 15 is 0 Å². The first-order valence-corrected chi connectivity index (χ1v) is 7.40. The van der Waals surface area contributed by atoms with Crippen LogP contribution in [0.5, 0.6) is 0 Å². The van der Waals surface area contributed by atoms with Gasteiger partial charge in [0.05, 0.1) is 5.69 Å². The van der Waals surface area contributed by atoms with Gasteiger partial charge in [0, 0.05) is 16.8 Å². The van der Waals surface area contributed by atoms with Crippen LogP contribution < -0.4 is 10.9 Å². The molecule has 3 rings (SSSR count). The van der Waals surface area contributed by atoms with E-state index in [1.165, 1.54) is 4.40 Å². The van der Waals surface area contributed by atoms with Crippen LogP contribution in [0.25, 0.3) is 5.65 Å². The number of carbonyl (C=O) groups excluding carboxylic acids is 1. The topological polar surface area (TPSA) is 63.5 Å². The van der Waals surface area contributed by atoms with E-state index in [2.05, 4.69) is 10.3 Å². The largest absolute Gasteiger partial charge is 0.316 e. The van der Waals surface area contributed by atoms with Crippen LogP contribution in [0.3, 0.4) is 0 Å². The lowest BCUT2D eigenvalue weighted by atomic mass is 10.2. The fourth-order valence-corrected chi connectivity index (χ4v) is 2.51. The Morgan fingerprint density at radius 2 is 2.00 bits per heavy atom. The normalized spacial score (nSPS) is 10.7. The van der Waals surface area contributed by atoms with E-state index in [-0.39, 0.29) is 11.2 Å². The molecule has 0 atom stereocenters. The summed E-state index contributed by atoms with van der Waals surface area (Å²) >= 11 is 5.89. The van der Waals surface area contributed by atoms with Gasteiger partial charge in [-0.05, 0) is 43.7 Å². The molecule has 6 heteroatoms. The van der Waals surface area contributed by atoms with Gasteiger partial charge in [0.15, 0.2) is 0 Å². The van der Waals surface area contributed by atoms with E-state index in [0.29, 0.717) is 21.9 Å². The molecule has 0 radical (unpaired) electrons. The molecule has 0 saturated heterocycles. The molecule has 1 aromatic carbocycles. The van der Waals surface area contributed by atoms with Gasteiger partial charge in [-0.25, -0.2) is 4.98 Å². The third-order valence-electron chi connectivity index (χ3n) is 3.48. The number of nitrogens with zero attached hydrogens (tertiary/aromatic N) is 2. The molecule has 2 heterocycles. The number of fused-ring (bicyclic) bond motifs is 1. The van der Waals surface area contributed by atoms with Crippen molar-refractivity contribution in [3.63, 3.8) is 0 Å². The summed E-state index contributed by atoms with van der Waals surface area (Å²) in [7, 11) is 0. The molecule has 0 fully saturated rings. The predicted molar refractivity (Wildman–Crippen MR) is 90.3 cm³/mol. The standard InChI is InChI=1S/C17H14ClN3O2/c1-10-6-7-14-19-11(2)15(17(23)21(14)9-10)20-16(22)12-4-3-5-13(18)8-12/h3-9H,1-2H3,(H,20,22). The monoisotopic (exact) mass is 327 g/mol. The Balaban J connectivity index is 2.06. The maximum absolute atomic E-state index is 12.6. The quantitative estimate of drug-likeness (QED) is 0.786. The molecule has 1 amide bonds. The Hall–Kier alpha value is -2.66. The van der Waals surface area contributed by atoms with Crippen LogP contribution in [-0.4, -0.2) is 15.3 Å². The number of nitrogens with one attached hydrogen (secondary N) is 1. The number of amides is 1. The number of pyridine rings is 1. The molecule has 0 aliphatic rings. The summed E-state index contributed by atoms with van der Waals surface area (Å²) in [5.41, 5.74) is 2.17. The molecule has 0 unspecified atom stereocenters. The van der Waals surface area contributed by atoms with Crippen molar-refractivity contribution in [3.05, 3.63) is 74.8 Å². The molecular weight excluding hydrogens is 314 g/mol. The summed E-state index contributed by atoms with van der Waals surface area (Å²) in [5.74, 6) is -0.401. The average molecular weight is 328 g/mol. The summed E-state index contributed by atoms with van der Waals surface area (Å²) in [6, 6.07) is 10.2. The van der Waals surface area contributed by atoms with Gasteiger partial charge in [0.25, 0.3) is 11.5 Å². The van der Waals surface area contributed by atoms with Crippen molar-refractivity contribution in [3.8, 4) is 0 Å². The van der Waals surface area contributed by atoms with Crippen molar-refractivity contribution in [2.45, 2.75) is 13.8 Å². The highest BCUT2D eigenvalue weighted by Crippen LogP contribution is 2.14. The number of carbonyl (C=O) groups is 1. The van der Waals surface area contributed by atoms with Gasteiger partial charge >= 0.3 is 0 Å².